The lowest BCUT2D eigenvalue weighted by molar-refractivity contribution is 0.415. The Labute approximate surface area is 108 Å². The Hall–Kier alpha value is -2.00. The lowest BCUT2D eigenvalue weighted by atomic mass is 10.1. The molecule has 2 aromatic carbocycles. The number of nitrogen functional groups attached to an aromatic ring is 1. The molecule has 0 atom stereocenters. The van der Waals surface area contributed by atoms with Gasteiger partial charge in [-0.25, -0.2) is 0 Å². The average Bonchev–Trinajstić information content (AvgIpc) is 2.42. The molecular formula is C15H18N2O. The van der Waals surface area contributed by atoms with Crippen LogP contribution in [0.5, 0.6) is 5.75 Å². The van der Waals surface area contributed by atoms with E-state index in [1.54, 1.807) is 7.11 Å². The first-order valence-electron chi connectivity index (χ1n) is 5.96. The minimum Gasteiger partial charge on any atom is -0.497 e. The highest BCUT2D eigenvalue weighted by Gasteiger charge is 2.00. The van der Waals surface area contributed by atoms with Gasteiger partial charge in [-0.05, 0) is 17.2 Å². The van der Waals surface area contributed by atoms with Crippen molar-refractivity contribution < 1.29 is 4.74 Å². The monoisotopic (exact) mass is 242 g/mol. The summed E-state index contributed by atoms with van der Waals surface area (Å²) in [7, 11) is 1.64. The first-order chi connectivity index (χ1) is 8.79. The van der Waals surface area contributed by atoms with E-state index < -0.39 is 0 Å². The Morgan fingerprint density at radius 1 is 1.06 bits per heavy atom. The Balaban J connectivity index is 1.91. The van der Waals surface area contributed by atoms with Gasteiger partial charge in [-0.15, -0.1) is 0 Å². The summed E-state index contributed by atoms with van der Waals surface area (Å²) in [6, 6.07) is 16.1. The highest BCUT2D eigenvalue weighted by atomic mass is 16.5. The summed E-state index contributed by atoms with van der Waals surface area (Å²) >= 11 is 0. The Morgan fingerprint density at radius 2 is 1.83 bits per heavy atom. The topological polar surface area (TPSA) is 47.3 Å². The maximum atomic E-state index is 5.96. The van der Waals surface area contributed by atoms with Crippen LogP contribution >= 0.6 is 0 Å². The molecular weight excluding hydrogens is 224 g/mol. The van der Waals surface area contributed by atoms with Crippen LogP contribution in [0, 0.1) is 0 Å². The fourth-order valence-electron chi connectivity index (χ4n) is 1.80. The molecule has 3 nitrogen and oxygen atoms in total. The molecule has 0 amide bonds. The molecule has 0 spiro atoms. The number of hydrogen-bond acceptors (Lipinski definition) is 3. The Morgan fingerprint density at radius 3 is 2.50 bits per heavy atom. The maximum Gasteiger partial charge on any atom is 0.120 e. The smallest absolute Gasteiger partial charge is 0.120 e. The van der Waals surface area contributed by atoms with Crippen molar-refractivity contribution in [2.75, 3.05) is 12.8 Å². The number of anilines is 1. The lowest BCUT2D eigenvalue weighted by Crippen LogP contribution is -2.13. The van der Waals surface area contributed by atoms with Crippen LogP contribution in [0.15, 0.2) is 48.5 Å². The normalized spacial score (nSPS) is 10.3. The van der Waals surface area contributed by atoms with Crippen LogP contribution < -0.4 is 15.8 Å². The third kappa shape index (κ3) is 3.25. The molecule has 0 fully saturated rings. The summed E-state index contributed by atoms with van der Waals surface area (Å²) in [5.41, 5.74) is 9.07. The lowest BCUT2D eigenvalue weighted by Gasteiger charge is -2.09. The van der Waals surface area contributed by atoms with Gasteiger partial charge in [0.1, 0.15) is 5.75 Å². The second-order valence-electron chi connectivity index (χ2n) is 4.15. The number of hydrogen-bond donors (Lipinski definition) is 2. The predicted octanol–water partition coefficient (Wildman–Crippen LogP) is 2.57. The molecule has 0 saturated carbocycles. The minimum absolute atomic E-state index is 0.755. The van der Waals surface area contributed by atoms with Crippen molar-refractivity contribution in [3.8, 4) is 5.75 Å². The van der Waals surface area contributed by atoms with Gasteiger partial charge in [-0.3, -0.25) is 0 Å². The zero-order valence-electron chi connectivity index (χ0n) is 10.5. The molecule has 2 rings (SSSR count). The molecule has 3 heteroatoms. The fraction of sp³-hybridized carbons (Fsp3) is 0.200. The molecule has 0 aliphatic rings. The molecule has 0 aliphatic carbocycles. The van der Waals surface area contributed by atoms with Crippen molar-refractivity contribution in [1.29, 1.82) is 0 Å². The van der Waals surface area contributed by atoms with Gasteiger partial charge in [0.05, 0.1) is 7.11 Å². The molecule has 0 saturated heterocycles. The number of nitrogens with two attached hydrogens (primary N) is 1. The highest BCUT2D eigenvalue weighted by molar-refractivity contribution is 5.51. The summed E-state index contributed by atoms with van der Waals surface area (Å²) < 4.78 is 5.12. The molecule has 0 aliphatic heterocycles. The van der Waals surface area contributed by atoms with Crippen LogP contribution in [0.3, 0.4) is 0 Å². The minimum atomic E-state index is 0.755. The third-order valence-corrected chi connectivity index (χ3v) is 2.84. The first kappa shape index (κ1) is 12.5. The third-order valence-electron chi connectivity index (χ3n) is 2.84. The predicted molar refractivity (Wildman–Crippen MR) is 74.4 cm³/mol. The number of ether oxygens (including phenoxy) is 1. The van der Waals surface area contributed by atoms with E-state index in [0.717, 1.165) is 30.1 Å². The van der Waals surface area contributed by atoms with Crippen molar-refractivity contribution in [3.05, 3.63) is 59.7 Å². The molecule has 2 aromatic rings. The number of nitrogens with one attached hydrogen (secondary N) is 1. The van der Waals surface area contributed by atoms with Crippen molar-refractivity contribution >= 4 is 5.69 Å². The van der Waals surface area contributed by atoms with Crippen LogP contribution in [0.1, 0.15) is 11.1 Å². The van der Waals surface area contributed by atoms with Gasteiger partial charge in [0.2, 0.25) is 0 Å². The second kappa shape index (κ2) is 6.07. The Bertz CT molecular complexity index is 497. The van der Waals surface area contributed by atoms with E-state index in [2.05, 4.69) is 17.4 Å². The van der Waals surface area contributed by atoms with Crippen molar-refractivity contribution in [1.82, 2.24) is 5.32 Å². The molecule has 0 heterocycles. The second-order valence-corrected chi connectivity index (χ2v) is 4.15. The number of rotatable bonds is 5. The standard InChI is InChI=1S/C15H18N2O/c1-18-14-8-7-13(15(16)9-14)11-17-10-12-5-3-2-4-6-12/h2-9,17H,10-11,16H2,1H3. The zero-order valence-corrected chi connectivity index (χ0v) is 10.5. The van der Waals surface area contributed by atoms with Crippen molar-refractivity contribution in [3.63, 3.8) is 0 Å². The van der Waals surface area contributed by atoms with Crippen LogP contribution in [-0.2, 0) is 13.1 Å². The molecule has 3 N–H and O–H groups in total. The van der Waals surface area contributed by atoms with Gasteiger partial charge >= 0.3 is 0 Å². The van der Waals surface area contributed by atoms with Crippen LogP contribution in [0.2, 0.25) is 0 Å². The van der Waals surface area contributed by atoms with E-state index in [4.69, 9.17) is 10.5 Å². The number of benzene rings is 2. The van der Waals surface area contributed by atoms with E-state index in [9.17, 15) is 0 Å². The zero-order chi connectivity index (χ0) is 12.8. The largest absolute Gasteiger partial charge is 0.497 e. The van der Waals surface area contributed by atoms with E-state index in [-0.39, 0.29) is 0 Å². The molecule has 18 heavy (non-hydrogen) atoms. The van der Waals surface area contributed by atoms with Crippen molar-refractivity contribution in [2.45, 2.75) is 13.1 Å². The highest BCUT2D eigenvalue weighted by Crippen LogP contribution is 2.19. The van der Waals surface area contributed by atoms with E-state index in [1.807, 2.05) is 36.4 Å². The number of methoxy groups -OCH3 is 1. The van der Waals surface area contributed by atoms with Gasteiger partial charge in [-0.1, -0.05) is 36.4 Å². The van der Waals surface area contributed by atoms with Gasteiger partial charge in [0.25, 0.3) is 0 Å². The van der Waals surface area contributed by atoms with Gasteiger partial charge in [0, 0.05) is 24.8 Å². The summed E-state index contributed by atoms with van der Waals surface area (Å²) in [4.78, 5) is 0. The van der Waals surface area contributed by atoms with Crippen LogP contribution in [0.4, 0.5) is 5.69 Å². The van der Waals surface area contributed by atoms with E-state index in [0.29, 0.717) is 0 Å². The van der Waals surface area contributed by atoms with Gasteiger partial charge in [-0.2, -0.15) is 0 Å². The Kier molecular flexibility index (Phi) is 4.20. The summed E-state index contributed by atoms with van der Waals surface area (Å²) in [5.74, 6) is 0.791. The molecule has 94 valence electrons. The summed E-state index contributed by atoms with van der Waals surface area (Å²) in [5, 5.41) is 3.38. The van der Waals surface area contributed by atoms with Crippen LogP contribution in [-0.4, -0.2) is 7.11 Å². The summed E-state index contributed by atoms with van der Waals surface area (Å²) in [6.45, 7) is 1.59. The molecule has 0 radical (unpaired) electrons. The summed E-state index contributed by atoms with van der Waals surface area (Å²) in [6.07, 6.45) is 0. The van der Waals surface area contributed by atoms with E-state index in [1.165, 1.54) is 5.56 Å². The van der Waals surface area contributed by atoms with Gasteiger partial charge < -0.3 is 15.8 Å². The fourth-order valence-corrected chi connectivity index (χ4v) is 1.80. The maximum absolute atomic E-state index is 5.96. The van der Waals surface area contributed by atoms with Gasteiger partial charge in [0.15, 0.2) is 0 Å². The molecule has 0 unspecified atom stereocenters. The quantitative estimate of drug-likeness (QED) is 0.792. The molecule has 0 bridgehead atoms. The van der Waals surface area contributed by atoms with Crippen LogP contribution in [0.25, 0.3) is 0 Å². The molecule has 0 aromatic heterocycles. The van der Waals surface area contributed by atoms with Crippen molar-refractivity contribution in [2.24, 2.45) is 0 Å². The SMILES string of the molecule is COc1ccc(CNCc2ccccc2)c(N)c1. The average molecular weight is 242 g/mol. The first-order valence-corrected chi connectivity index (χ1v) is 5.96. The van der Waals surface area contributed by atoms with E-state index >= 15 is 0 Å².